The second kappa shape index (κ2) is 5.90. The fraction of sp³-hybridized carbons (Fsp3) is 0.462. The van der Waals surface area contributed by atoms with Gasteiger partial charge in [-0.25, -0.2) is 0 Å². The minimum Gasteiger partial charge on any atom is -0.469 e. The second-order valence-corrected chi connectivity index (χ2v) is 4.85. The molecule has 0 aliphatic heterocycles. The molecule has 1 atom stereocenters. The first-order valence-electron chi connectivity index (χ1n) is 6.22. The summed E-state index contributed by atoms with van der Waals surface area (Å²) in [6.07, 6.45) is 4.48. The van der Waals surface area contributed by atoms with Crippen molar-refractivity contribution in [1.82, 2.24) is 14.7 Å². The molecular formula is C13H20N4O2. The van der Waals surface area contributed by atoms with Crippen LogP contribution in [0.4, 0.5) is 5.69 Å². The molecule has 0 bridgehead atoms. The van der Waals surface area contributed by atoms with Crippen LogP contribution in [0.1, 0.15) is 11.3 Å². The molecule has 0 amide bonds. The summed E-state index contributed by atoms with van der Waals surface area (Å²) >= 11 is 0. The number of aliphatic hydroxyl groups excluding tert-OH is 1. The summed E-state index contributed by atoms with van der Waals surface area (Å²) in [5.74, 6) is 0.918. The number of aryl methyl sites for hydroxylation is 1. The van der Waals surface area contributed by atoms with Gasteiger partial charge < -0.3 is 15.3 Å². The fourth-order valence-electron chi connectivity index (χ4n) is 2.04. The van der Waals surface area contributed by atoms with Gasteiger partial charge in [0, 0.05) is 24.8 Å². The number of nitrogens with zero attached hydrogens (tertiary/aromatic N) is 3. The average Bonchev–Trinajstić information content (AvgIpc) is 2.89. The fourth-order valence-corrected chi connectivity index (χ4v) is 2.04. The van der Waals surface area contributed by atoms with Gasteiger partial charge in [-0.05, 0) is 20.0 Å². The molecule has 2 heterocycles. The van der Waals surface area contributed by atoms with Crippen molar-refractivity contribution in [2.75, 3.05) is 19.3 Å². The number of likely N-dealkylation sites (N-methyl/N-ethyl adjacent to an activating group) is 1. The predicted molar refractivity (Wildman–Crippen MR) is 72.4 cm³/mol. The summed E-state index contributed by atoms with van der Waals surface area (Å²) < 4.78 is 6.90. The van der Waals surface area contributed by atoms with E-state index in [1.807, 2.05) is 20.0 Å². The van der Waals surface area contributed by atoms with E-state index in [2.05, 4.69) is 10.00 Å². The maximum Gasteiger partial charge on any atom is 0.105 e. The first-order chi connectivity index (χ1) is 9.04. The Morgan fingerprint density at radius 3 is 2.95 bits per heavy atom. The van der Waals surface area contributed by atoms with Crippen LogP contribution < -0.4 is 5.73 Å². The van der Waals surface area contributed by atoms with E-state index >= 15 is 0 Å². The number of aliphatic hydroxyl groups is 1. The molecule has 0 saturated heterocycles. The standard InChI is InChI=1S/C13H20N4O2/c1-10-11(3-4-19-10)6-16(2)8-13(18)9-17-7-12(14)5-15-17/h3-5,7,13,18H,6,8-9,14H2,1-2H3. The Bertz CT molecular complexity index is 520. The molecule has 0 radical (unpaired) electrons. The minimum absolute atomic E-state index is 0.436. The van der Waals surface area contributed by atoms with Crippen molar-refractivity contribution in [3.8, 4) is 0 Å². The van der Waals surface area contributed by atoms with Crippen LogP contribution in [-0.4, -0.2) is 39.5 Å². The van der Waals surface area contributed by atoms with Gasteiger partial charge in [0.2, 0.25) is 0 Å². The molecule has 0 spiro atoms. The molecular weight excluding hydrogens is 244 g/mol. The largest absolute Gasteiger partial charge is 0.469 e. The average molecular weight is 264 g/mol. The van der Waals surface area contributed by atoms with Crippen LogP contribution in [0.25, 0.3) is 0 Å². The van der Waals surface area contributed by atoms with Gasteiger partial charge in [0.05, 0.1) is 30.8 Å². The third kappa shape index (κ3) is 3.84. The van der Waals surface area contributed by atoms with Crippen LogP contribution in [0.15, 0.2) is 29.1 Å². The highest BCUT2D eigenvalue weighted by Gasteiger charge is 2.11. The number of furan rings is 1. The summed E-state index contributed by atoms with van der Waals surface area (Å²) in [5.41, 5.74) is 7.32. The van der Waals surface area contributed by atoms with E-state index in [9.17, 15) is 5.11 Å². The molecule has 19 heavy (non-hydrogen) atoms. The van der Waals surface area contributed by atoms with Gasteiger partial charge >= 0.3 is 0 Å². The zero-order valence-corrected chi connectivity index (χ0v) is 11.3. The van der Waals surface area contributed by atoms with E-state index in [0.717, 1.165) is 17.9 Å². The lowest BCUT2D eigenvalue weighted by molar-refractivity contribution is 0.103. The van der Waals surface area contributed by atoms with Crippen molar-refractivity contribution < 1.29 is 9.52 Å². The maximum atomic E-state index is 10.0. The van der Waals surface area contributed by atoms with Crippen LogP contribution in [0, 0.1) is 6.92 Å². The Labute approximate surface area is 112 Å². The number of hydrogen-bond acceptors (Lipinski definition) is 5. The molecule has 0 fully saturated rings. The number of nitrogens with two attached hydrogens (primary N) is 1. The van der Waals surface area contributed by atoms with Crippen LogP contribution >= 0.6 is 0 Å². The highest BCUT2D eigenvalue weighted by atomic mass is 16.3. The number of anilines is 1. The van der Waals surface area contributed by atoms with Crippen molar-refractivity contribution in [1.29, 1.82) is 0 Å². The highest BCUT2D eigenvalue weighted by molar-refractivity contribution is 5.30. The number of aromatic nitrogens is 2. The molecule has 0 aliphatic rings. The van der Waals surface area contributed by atoms with E-state index < -0.39 is 6.10 Å². The van der Waals surface area contributed by atoms with Crippen LogP contribution in [-0.2, 0) is 13.1 Å². The SMILES string of the molecule is Cc1occc1CN(C)CC(O)Cn1cc(N)cn1. The van der Waals surface area contributed by atoms with E-state index in [-0.39, 0.29) is 0 Å². The van der Waals surface area contributed by atoms with Crippen LogP contribution in [0.5, 0.6) is 0 Å². The van der Waals surface area contributed by atoms with Crippen molar-refractivity contribution in [2.45, 2.75) is 26.1 Å². The van der Waals surface area contributed by atoms with E-state index in [4.69, 9.17) is 10.2 Å². The lowest BCUT2D eigenvalue weighted by Gasteiger charge is -2.20. The number of rotatable bonds is 6. The predicted octanol–water partition coefficient (Wildman–Crippen LogP) is 0.860. The van der Waals surface area contributed by atoms with Gasteiger partial charge in [0.1, 0.15) is 5.76 Å². The topological polar surface area (TPSA) is 80.5 Å². The van der Waals surface area contributed by atoms with Gasteiger partial charge in [-0.2, -0.15) is 5.10 Å². The second-order valence-electron chi connectivity index (χ2n) is 4.85. The Morgan fingerprint density at radius 1 is 1.58 bits per heavy atom. The molecule has 2 rings (SSSR count). The zero-order chi connectivity index (χ0) is 13.8. The maximum absolute atomic E-state index is 10.0. The summed E-state index contributed by atoms with van der Waals surface area (Å²) in [6, 6.07) is 1.95. The van der Waals surface area contributed by atoms with Crippen molar-refractivity contribution >= 4 is 5.69 Å². The highest BCUT2D eigenvalue weighted by Crippen LogP contribution is 2.11. The summed E-state index contributed by atoms with van der Waals surface area (Å²) in [6.45, 7) is 3.68. The van der Waals surface area contributed by atoms with Gasteiger partial charge in [0.25, 0.3) is 0 Å². The molecule has 0 saturated carbocycles. The normalized spacial score (nSPS) is 13.1. The van der Waals surface area contributed by atoms with Crippen molar-refractivity contribution in [2.24, 2.45) is 0 Å². The number of nitrogen functional groups attached to an aromatic ring is 1. The van der Waals surface area contributed by atoms with E-state index in [0.29, 0.717) is 18.8 Å². The van der Waals surface area contributed by atoms with E-state index in [1.54, 1.807) is 23.3 Å². The zero-order valence-electron chi connectivity index (χ0n) is 11.3. The molecule has 0 aliphatic carbocycles. The van der Waals surface area contributed by atoms with Crippen molar-refractivity contribution in [3.63, 3.8) is 0 Å². The lowest BCUT2D eigenvalue weighted by Crippen LogP contribution is -2.32. The molecule has 3 N–H and O–H groups in total. The van der Waals surface area contributed by atoms with Gasteiger partial charge in [0.15, 0.2) is 0 Å². The van der Waals surface area contributed by atoms with Crippen molar-refractivity contribution in [3.05, 3.63) is 36.0 Å². The van der Waals surface area contributed by atoms with E-state index in [1.165, 1.54) is 0 Å². The molecule has 1 unspecified atom stereocenters. The summed E-state index contributed by atoms with van der Waals surface area (Å²) in [5, 5.41) is 14.1. The monoisotopic (exact) mass is 264 g/mol. The summed E-state index contributed by atoms with van der Waals surface area (Å²) in [7, 11) is 1.97. The molecule has 104 valence electrons. The number of hydrogen-bond donors (Lipinski definition) is 2. The minimum atomic E-state index is -0.489. The Morgan fingerprint density at radius 2 is 2.37 bits per heavy atom. The molecule has 2 aromatic heterocycles. The molecule has 0 aromatic carbocycles. The van der Waals surface area contributed by atoms with Crippen LogP contribution in [0.3, 0.4) is 0 Å². The first-order valence-corrected chi connectivity index (χ1v) is 6.22. The Hall–Kier alpha value is -1.79. The lowest BCUT2D eigenvalue weighted by atomic mass is 10.2. The smallest absolute Gasteiger partial charge is 0.105 e. The molecule has 6 heteroatoms. The van der Waals surface area contributed by atoms with Gasteiger partial charge in [-0.1, -0.05) is 0 Å². The molecule has 2 aromatic rings. The Kier molecular flexibility index (Phi) is 4.24. The third-order valence-corrected chi connectivity index (χ3v) is 2.98. The Balaban J connectivity index is 1.81. The third-order valence-electron chi connectivity index (χ3n) is 2.98. The quantitative estimate of drug-likeness (QED) is 0.809. The van der Waals surface area contributed by atoms with Gasteiger partial charge in [-0.15, -0.1) is 0 Å². The first kappa shape index (κ1) is 13.6. The summed E-state index contributed by atoms with van der Waals surface area (Å²) in [4.78, 5) is 2.05. The van der Waals surface area contributed by atoms with Crippen LogP contribution in [0.2, 0.25) is 0 Å². The molecule has 6 nitrogen and oxygen atoms in total. The van der Waals surface area contributed by atoms with Gasteiger partial charge in [-0.3, -0.25) is 9.58 Å².